The van der Waals surface area contributed by atoms with Crippen molar-refractivity contribution < 1.29 is 9.90 Å². The largest absolute Gasteiger partial charge is 0.481 e. The molecule has 88 valence electrons. The molecule has 0 amide bonds. The molecule has 0 unspecified atom stereocenters. The lowest BCUT2D eigenvalue weighted by Crippen LogP contribution is -2.35. The molecule has 1 aromatic rings. The zero-order valence-electron chi connectivity index (χ0n) is 9.46. The number of nitrogen functional groups attached to an aromatic ring is 1. The Bertz CT molecular complexity index is 400. The molecule has 0 atom stereocenters. The number of carboxylic acid groups (broad SMARTS) is 1. The minimum atomic E-state index is -0.936. The number of aliphatic carboxylic acids is 1. The van der Waals surface area contributed by atoms with E-state index in [1.807, 2.05) is 13.8 Å². The summed E-state index contributed by atoms with van der Waals surface area (Å²) in [7, 11) is 0. The highest BCUT2D eigenvalue weighted by Crippen LogP contribution is 2.37. The molecule has 4 heteroatoms. The zero-order valence-corrected chi connectivity index (χ0v) is 10.2. The maximum atomic E-state index is 11.4. The topological polar surface area (TPSA) is 63.3 Å². The van der Waals surface area contributed by atoms with Crippen LogP contribution in [0.3, 0.4) is 0 Å². The van der Waals surface area contributed by atoms with Crippen molar-refractivity contribution in [3.8, 4) is 0 Å². The van der Waals surface area contributed by atoms with E-state index in [0.717, 1.165) is 0 Å². The Hall–Kier alpha value is -1.22. The van der Waals surface area contributed by atoms with Gasteiger partial charge in [0, 0.05) is 10.7 Å². The number of carbonyl (C=O) groups is 1. The van der Waals surface area contributed by atoms with Gasteiger partial charge in [0.2, 0.25) is 0 Å². The maximum Gasteiger partial charge on any atom is 0.314 e. The van der Waals surface area contributed by atoms with Gasteiger partial charge < -0.3 is 10.8 Å². The first-order chi connectivity index (χ1) is 7.47. The van der Waals surface area contributed by atoms with Crippen LogP contribution in [-0.4, -0.2) is 11.1 Å². The second-order valence-electron chi connectivity index (χ2n) is 3.83. The predicted octanol–water partition coefficient (Wildman–Crippen LogP) is 3.06. The van der Waals surface area contributed by atoms with Crippen molar-refractivity contribution in [1.29, 1.82) is 0 Å². The Morgan fingerprint density at radius 3 is 2.44 bits per heavy atom. The quantitative estimate of drug-likeness (QED) is 0.797. The van der Waals surface area contributed by atoms with Crippen molar-refractivity contribution in [2.24, 2.45) is 0 Å². The van der Waals surface area contributed by atoms with E-state index >= 15 is 0 Å². The van der Waals surface area contributed by atoms with Gasteiger partial charge in [0.05, 0.1) is 5.41 Å². The highest BCUT2D eigenvalue weighted by Gasteiger charge is 2.38. The van der Waals surface area contributed by atoms with Crippen molar-refractivity contribution in [3.63, 3.8) is 0 Å². The third kappa shape index (κ3) is 2.00. The molecule has 1 aromatic carbocycles. The van der Waals surface area contributed by atoms with E-state index in [-0.39, 0.29) is 0 Å². The number of halogens is 1. The minimum Gasteiger partial charge on any atom is -0.481 e. The van der Waals surface area contributed by atoms with E-state index in [1.165, 1.54) is 0 Å². The molecule has 0 heterocycles. The first-order valence-corrected chi connectivity index (χ1v) is 5.64. The summed E-state index contributed by atoms with van der Waals surface area (Å²) in [6, 6.07) is 4.97. The number of rotatable bonds is 4. The van der Waals surface area contributed by atoms with Gasteiger partial charge in [-0.25, -0.2) is 0 Å². The van der Waals surface area contributed by atoms with Crippen LogP contribution in [0.5, 0.6) is 0 Å². The van der Waals surface area contributed by atoms with E-state index in [2.05, 4.69) is 0 Å². The molecule has 3 N–H and O–H groups in total. The van der Waals surface area contributed by atoms with Gasteiger partial charge >= 0.3 is 5.97 Å². The molecule has 3 nitrogen and oxygen atoms in total. The summed E-state index contributed by atoms with van der Waals surface area (Å²) >= 11 is 5.89. The van der Waals surface area contributed by atoms with Crippen molar-refractivity contribution in [3.05, 3.63) is 28.8 Å². The first-order valence-electron chi connectivity index (χ1n) is 5.26. The highest BCUT2D eigenvalue weighted by molar-refractivity contribution is 6.30. The van der Waals surface area contributed by atoms with E-state index in [0.29, 0.717) is 29.1 Å². The molecule has 0 aliphatic carbocycles. The van der Waals surface area contributed by atoms with E-state index in [1.54, 1.807) is 18.2 Å². The Labute approximate surface area is 100 Å². The minimum absolute atomic E-state index is 0.482. The monoisotopic (exact) mass is 241 g/mol. The van der Waals surface area contributed by atoms with Crippen molar-refractivity contribution in [2.75, 3.05) is 5.73 Å². The Kier molecular flexibility index (Phi) is 3.81. The van der Waals surface area contributed by atoms with Gasteiger partial charge in [0.25, 0.3) is 0 Å². The third-order valence-corrected chi connectivity index (χ3v) is 3.38. The molecule has 0 fully saturated rings. The molecule has 0 aromatic heterocycles. The van der Waals surface area contributed by atoms with Gasteiger partial charge in [-0.1, -0.05) is 25.4 Å². The molecule has 1 rings (SSSR count). The normalized spacial score (nSPS) is 11.4. The molecule has 0 saturated carbocycles. The van der Waals surface area contributed by atoms with Crippen molar-refractivity contribution >= 4 is 23.3 Å². The van der Waals surface area contributed by atoms with Crippen molar-refractivity contribution in [1.82, 2.24) is 0 Å². The highest BCUT2D eigenvalue weighted by atomic mass is 35.5. The fraction of sp³-hybridized carbons (Fsp3) is 0.417. The van der Waals surface area contributed by atoms with Crippen LogP contribution in [0.4, 0.5) is 5.69 Å². The molecule has 0 saturated heterocycles. The average molecular weight is 242 g/mol. The number of carboxylic acids is 1. The molecule has 0 aliphatic heterocycles. The van der Waals surface area contributed by atoms with Crippen LogP contribution in [0.25, 0.3) is 0 Å². The Balaban J connectivity index is 3.42. The van der Waals surface area contributed by atoms with Crippen LogP contribution < -0.4 is 5.73 Å². The lowest BCUT2D eigenvalue weighted by molar-refractivity contribution is -0.144. The van der Waals surface area contributed by atoms with Crippen molar-refractivity contribution in [2.45, 2.75) is 32.1 Å². The molecule has 0 bridgehead atoms. The fourth-order valence-corrected chi connectivity index (χ4v) is 2.16. The van der Waals surface area contributed by atoms with E-state index in [9.17, 15) is 9.90 Å². The number of nitrogens with two attached hydrogens (primary N) is 1. The van der Waals surface area contributed by atoms with Gasteiger partial charge in [0.1, 0.15) is 0 Å². The summed E-state index contributed by atoms with van der Waals surface area (Å²) in [5.74, 6) is -0.855. The summed E-state index contributed by atoms with van der Waals surface area (Å²) in [5, 5.41) is 9.90. The second-order valence-corrected chi connectivity index (χ2v) is 4.26. The van der Waals surface area contributed by atoms with Crippen LogP contribution in [-0.2, 0) is 10.2 Å². The van der Waals surface area contributed by atoms with Gasteiger partial charge in [0.15, 0.2) is 0 Å². The lowest BCUT2D eigenvalue weighted by atomic mass is 9.75. The SMILES string of the molecule is CCC(CC)(C(=O)O)c1cc(Cl)ccc1N. The predicted molar refractivity (Wildman–Crippen MR) is 65.8 cm³/mol. The molecule has 0 radical (unpaired) electrons. The molecule has 0 spiro atoms. The van der Waals surface area contributed by atoms with Gasteiger partial charge in [-0.3, -0.25) is 4.79 Å². The summed E-state index contributed by atoms with van der Waals surface area (Å²) < 4.78 is 0. The third-order valence-electron chi connectivity index (χ3n) is 3.15. The smallest absolute Gasteiger partial charge is 0.314 e. The zero-order chi connectivity index (χ0) is 12.3. The van der Waals surface area contributed by atoms with Gasteiger partial charge in [-0.2, -0.15) is 0 Å². The molecular formula is C12H16ClNO2. The van der Waals surface area contributed by atoms with Gasteiger partial charge in [-0.15, -0.1) is 0 Å². The Morgan fingerprint density at radius 1 is 1.44 bits per heavy atom. The number of benzene rings is 1. The fourth-order valence-electron chi connectivity index (χ4n) is 1.99. The van der Waals surface area contributed by atoms with Crippen LogP contribution in [0.2, 0.25) is 5.02 Å². The lowest BCUT2D eigenvalue weighted by Gasteiger charge is -2.28. The average Bonchev–Trinajstić information content (AvgIpc) is 2.25. The molecule has 0 aliphatic rings. The first kappa shape index (κ1) is 12.8. The van der Waals surface area contributed by atoms with Crippen LogP contribution in [0.1, 0.15) is 32.3 Å². The number of anilines is 1. The second kappa shape index (κ2) is 4.74. The standard InChI is InChI=1S/C12H16ClNO2/c1-3-12(4-2,11(15)16)9-7-8(13)5-6-10(9)14/h5-7H,3-4,14H2,1-2H3,(H,15,16). The van der Waals surface area contributed by atoms with Crippen LogP contribution >= 0.6 is 11.6 Å². The van der Waals surface area contributed by atoms with E-state index < -0.39 is 11.4 Å². The summed E-state index contributed by atoms with van der Waals surface area (Å²) in [6.45, 7) is 3.69. The van der Waals surface area contributed by atoms with Gasteiger partial charge in [-0.05, 0) is 36.6 Å². The summed E-state index contributed by atoms with van der Waals surface area (Å²) in [6.07, 6.45) is 0.979. The number of hydrogen-bond acceptors (Lipinski definition) is 2. The van der Waals surface area contributed by atoms with Crippen LogP contribution in [0, 0.1) is 0 Å². The summed E-state index contributed by atoms with van der Waals surface area (Å²) in [5.41, 5.74) is 6.00. The molecular weight excluding hydrogens is 226 g/mol. The van der Waals surface area contributed by atoms with Crippen LogP contribution in [0.15, 0.2) is 18.2 Å². The number of hydrogen-bond donors (Lipinski definition) is 2. The molecule has 16 heavy (non-hydrogen) atoms. The van der Waals surface area contributed by atoms with E-state index in [4.69, 9.17) is 17.3 Å². The Morgan fingerprint density at radius 2 is 2.00 bits per heavy atom. The summed E-state index contributed by atoms with van der Waals surface area (Å²) in [4.78, 5) is 11.4. The maximum absolute atomic E-state index is 11.4.